The van der Waals surface area contributed by atoms with Gasteiger partial charge in [0.25, 0.3) is 0 Å². The number of carbonyl (C=O) groups is 2. The fraction of sp³-hybridized carbons (Fsp3) is 0.176. The maximum atomic E-state index is 12.2. The molecule has 100 valence electrons. The van der Waals surface area contributed by atoms with E-state index in [1.165, 1.54) is 0 Å². The van der Waals surface area contributed by atoms with Gasteiger partial charge in [-0.2, -0.15) is 0 Å². The zero-order chi connectivity index (χ0) is 14.1. The number of carbonyl (C=O) groups excluding carboxylic acids is 2. The number of benzene rings is 2. The highest BCUT2D eigenvalue weighted by Gasteiger charge is 2.32. The average Bonchev–Trinajstić information content (AvgIpc) is 2.77. The van der Waals surface area contributed by atoms with E-state index in [0.29, 0.717) is 11.1 Å². The van der Waals surface area contributed by atoms with Crippen LogP contribution in [-0.4, -0.2) is 11.8 Å². The standard InChI is InChI=1S/C17H14O3/c1-11-6-8-12(9-7-11)15(18)10-16-13-4-2-3-5-14(13)17(19)20-16/h2-9,16H,10H2,1H3. The van der Waals surface area contributed by atoms with Crippen LogP contribution < -0.4 is 0 Å². The van der Waals surface area contributed by atoms with E-state index in [1.54, 1.807) is 24.3 Å². The topological polar surface area (TPSA) is 43.4 Å². The van der Waals surface area contributed by atoms with Gasteiger partial charge in [-0.15, -0.1) is 0 Å². The third kappa shape index (κ3) is 2.23. The zero-order valence-corrected chi connectivity index (χ0v) is 11.1. The molecule has 0 spiro atoms. The highest BCUT2D eigenvalue weighted by Crippen LogP contribution is 2.33. The molecular formula is C17H14O3. The molecule has 1 unspecified atom stereocenters. The van der Waals surface area contributed by atoms with Crippen LogP contribution in [0.5, 0.6) is 0 Å². The number of esters is 1. The van der Waals surface area contributed by atoms with Gasteiger partial charge in [0.1, 0.15) is 6.10 Å². The summed E-state index contributed by atoms with van der Waals surface area (Å²) in [6, 6.07) is 14.6. The van der Waals surface area contributed by atoms with E-state index >= 15 is 0 Å². The second-order valence-electron chi connectivity index (χ2n) is 4.97. The molecule has 0 aromatic heterocycles. The summed E-state index contributed by atoms with van der Waals surface area (Å²) in [7, 11) is 0. The Bertz CT molecular complexity index is 671. The van der Waals surface area contributed by atoms with Crippen molar-refractivity contribution < 1.29 is 14.3 Å². The molecule has 0 bridgehead atoms. The third-order valence-electron chi connectivity index (χ3n) is 3.52. The Morgan fingerprint density at radius 3 is 2.55 bits per heavy atom. The van der Waals surface area contributed by atoms with Gasteiger partial charge in [0.15, 0.2) is 5.78 Å². The molecule has 3 heteroatoms. The number of aryl methyl sites for hydroxylation is 1. The smallest absolute Gasteiger partial charge is 0.339 e. The number of Topliss-reactive ketones (excluding diaryl/α,β-unsaturated/α-hetero) is 1. The third-order valence-corrected chi connectivity index (χ3v) is 3.52. The summed E-state index contributed by atoms with van der Waals surface area (Å²) in [5.41, 5.74) is 3.13. The predicted octanol–water partition coefficient (Wildman–Crippen LogP) is 3.48. The summed E-state index contributed by atoms with van der Waals surface area (Å²) >= 11 is 0. The fourth-order valence-electron chi connectivity index (χ4n) is 2.40. The molecule has 0 radical (unpaired) electrons. The molecule has 0 saturated carbocycles. The summed E-state index contributed by atoms with van der Waals surface area (Å²) in [6.07, 6.45) is -0.279. The molecular weight excluding hydrogens is 252 g/mol. The minimum Gasteiger partial charge on any atom is -0.453 e. The summed E-state index contributed by atoms with van der Waals surface area (Å²) in [4.78, 5) is 23.9. The van der Waals surface area contributed by atoms with Gasteiger partial charge in [-0.1, -0.05) is 48.0 Å². The zero-order valence-electron chi connectivity index (χ0n) is 11.1. The first kappa shape index (κ1) is 12.6. The van der Waals surface area contributed by atoms with Crippen molar-refractivity contribution in [2.75, 3.05) is 0 Å². The van der Waals surface area contributed by atoms with Crippen molar-refractivity contribution >= 4 is 11.8 Å². The van der Waals surface area contributed by atoms with E-state index in [2.05, 4.69) is 0 Å². The lowest BCUT2D eigenvalue weighted by atomic mass is 9.98. The van der Waals surface area contributed by atoms with Crippen LogP contribution in [0.4, 0.5) is 0 Å². The van der Waals surface area contributed by atoms with E-state index in [1.807, 2.05) is 31.2 Å². The first-order valence-corrected chi connectivity index (χ1v) is 6.55. The monoisotopic (exact) mass is 266 g/mol. The molecule has 20 heavy (non-hydrogen) atoms. The molecule has 2 aromatic rings. The van der Waals surface area contributed by atoms with Crippen LogP contribution in [0.15, 0.2) is 48.5 Å². The number of rotatable bonds is 3. The Morgan fingerprint density at radius 1 is 1.10 bits per heavy atom. The van der Waals surface area contributed by atoms with Gasteiger partial charge in [0.2, 0.25) is 0 Å². The number of hydrogen-bond donors (Lipinski definition) is 0. The fourth-order valence-corrected chi connectivity index (χ4v) is 2.40. The van der Waals surface area contributed by atoms with Crippen molar-refractivity contribution in [1.29, 1.82) is 0 Å². The molecule has 3 nitrogen and oxygen atoms in total. The van der Waals surface area contributed by atoms with Crippen molar-refractivity contribution in [3.05, 3.63) is 70.8 Å². The lowest BCUT2D eigenvalue weighted by Gasteiger charge is -2.09. The van der Waals surface area contributed by atoms with Crippen molar-refractivity contribution in [3.63, 3.8) is 0 Å². The van der Waals surface area contributed by atoms with E-state index < -0.39 is 6.10 Å². The molecule has 2 aromatic carbocycles. The second kappa shape index (κ2) is 4.93. The van der Waals surface area contributed by atoms with Gasteiger partial charge in [0, 0.05) is 11.1 Å². The minimum atomic E-state index is -0.465. The summed E-state index contributed by atoms with van der Waals surface area (Å²) in [5.74, 6) is -0.359. The van der Waals surface area contributed by atoms with Crippen molar-refractivity contribution in [2.24, 2.45) is 0 Å². The lowest BCUT2D eigenvalue weighted by Crippen LogP contribution is -2.07. The molecule has 3 rings (SSSR count). The van der Waals surface area contributed by atoms with Crippen LogP contribution in [0.3, 0.4) is 0 Å². The van der Waals surface area contributed by atoms with Crippen LogP contribution in [-0.2, 0) is 4.74 Å². The summed E-state index contributed by atoms with van der Waals surface area (Å²) in [6.45, 7) is 1.98. The number of ether oxygens (including phenoxy) is 1. The van der Waals surface area contributed by atoms with Crippen LogP contribution in [0.2, 0.25) is 0 Å². The molecule has 1 aliphatic heterocycles. The lowest BCUT2D eigenvalue weighted by molar-refractivity contribution is 0.0367. The van der Waals surface area contributed by atoms with E-state index in [9.17, 15) is 9.59 Å². The van der Waals surface area contributed by atoms with Crippen LogP contribution in [0, 0.1) is 6.92 Å². The maximum absolute atomic E-state index is 12.2. The molecule has 0 amide bonds. The van der Waals surface area contributed by atoms with Gasteiger partial charge in [-0.3, -0.25) is 4.79 Å². The average molecular weight is 266 g/mol. The molecule has 1 aliphatic rings. The maximum Gasteiger partial charge on any atom is 0.339 e. The van der Waals surface area contributed by atoms with Crippen molar-refractivity contribution in [3.8, 4) is 0 Å². The Labute approximate surface area is 117 Å². The number of cyclic esters (lactones) is 1. The predicted molar refractivity (Wildman–Crippen MR) is 74.7 cm³/mol. The van der Waals surface area contributed by atoms with Gasteiger partial charge >= 0.3 is 5.97 Å². The highest BCUT2D eigenvalue weighted by atomic mass is 16.5. The normalized spacial score (nSPS) is 16.6. The van der Waals surface area contributed by atoms with Gasteiger partial charge in [0.05, 0.1) is 12.0 Å². The van der Waals surface area contributed by atoms with Crippen molar-refractivity contribution in [2.45, 2.75) is 19.4 Å². The second-order valence-corrected chi connectivity index (χ2v) is 4.97. The molecule has 1 atom stereocenters. The number of ketones is 1. The highest BCUT2D eigenvalue weighted by molar-refractivity contribution is 5.99. The number of fused-ring (bicyclic) bond motifs is 1. The first-order chi connectivity index (χ1) is 9.65. The van der Waals surface area contributed by atoms with Crippen LogP contribution in [0.25, 0.3) is 0 Å². The largest absolute Gasteiger partial charge is 0.453 e. The quantitative estimate of drug-likeness (QED) is 0.631. The number of hydrogen-bond acceptors (Lipinski definition) is 3. The van der Waals surface area contributed by atoms with Gasteiger partial charge in [-0.25, -0.2) is 4.79 Å². The van der Waals surface area contributed by atoms with E-state index in [-0.39, 0.29) is 18.2 Å². The van der Waals surface area contributed by atoms with E-state index in [4.69, 9.17) is 4.74 Å². The Kier molecular flexibility index (Phi) is 3.11. The van der Waals surface area contributed by atoms with Crippen LogP contribution in [0.1, 0.15) is 44.4 Å². The Balaban J connectivity index is 1.81. The SMILES string of the molecule is Cc1ccc(C(=O)CC2OC(=O)c3ccccc32)cc1. The van der Waals surface area contributed by atoms with Crippen molar-refractivity contribution in [1.82, 2.24) is 0 Å². The molecule has 0 fully saturated rings. The Hall–Kier alpha value is -2.42. The van der Waals surface area contributed by atoms with Crippen LogP contribution >= 0.6 is 0 Å². The van der Waals surface area contributed by atoms with Gasteiger partial charge in [-0.05, 0) is 13.0 Å². The Morgan fingerprint density at radius 2 is 1.80 bits per heavy atom. The molecule has 0 saturated heterocycles. The molecule has 0 N–H and O–H groups in total. The molecule has 0 aliphatic carbocycles. The van der Waals surface area contributed by atoms with E-state index in [0.717, 1.165) is 11.1 Å². The minimum absolute atomic E-state index is 0.0143. The first-order valence-electron chi connectivity index (χ1n) is 6.55. The summed E-state index contributed by atoms with van der Waals surface area (Å²) in [5, 5.41) is 0. The molecule has 1 heterocycles. The summed E-state index contributed by atoms with van der Waals surface area (Å²) < 4.78 is 5.29. The van der Waals surface area contributed by atoms with Gasteiger partial charge < -0.3 is 4.74 Å².